The van der Waals surface area contributed by atoms with E-state index in [0.29, 0.717) is 5.69 Å². The van der Waals surface area contributed by atoms with E-state index in [-0.39, 0.29) is 5.91 Å². The number of hydrogen-bond donors (Lipinski definition) is 2. The minimum absolute atomic E-state index is 0.116. The average Bonchev–Trinajstić information content (AvgIpc) is 2.89. The first-order chi connectivity index (χ1) is 7.84. The summed E-state index contributed by atoms with van der Waals surface area (Å²) in [4.78, 5) is 17.2. The van der Waals surface area contributed by atoms with Crippen LogP contribution in [0.1, 0.15) is 10.5 Å². The minimum atomic E-state index is 0.116. The maximum atomic E-state index is 12.1. The van der Waals surface area contributed by atoms with E-state index in [1.165, 1.54) is 0 Å². The first-order valence-electron chi connectivity index (χ1n) is 5.41. The first-order valence-corrected chi connectivity index (χ1v) is 6.29. The van der Waals surface area contributed by atoms with Crippen LogP contribution in [0.3, 0.4) is 0 Å². The summed E-state index contributed by atoms with van der Waals surface area (Å²) < 4.78 is 1.15. The van der Waals surface area contributed by atoms with Gasteiger partial charge in [0.25, 0.3) is 5.91 Å². The molecule has 0 aromatic carbocycles. The molecule has 1 aliphatic rings. The standard InChI is InChI=1S/C11H13N3OS/c15-11(14-4-2-12-3-5-14)9-7-10-8(13-9)1-6-16-10/h1,6-7,12-13H,2-5H2. The van der Waals surface area contributed by atoms with Crippen molar-refractivity contribution in [3.63, 3.8) is 0 Å². The summed E-state index contributed by atoms with van der Waals surface area (Å²) >= 11 is 1.66. The number of carbonyl (C=O) groups excluding carboxylic acids is 1. The second-order valence-corrected chi connectivity index (χ2v) is 4.87. The Bertz CT molecular complexity index is 482. The maximum absolute atomic E-state index is 12.1. The molecule has 0 radical (unpaired) electrons. The summed E-state index contributed by atoms with van der Waals surface area (Å²) in [5.74, 6) is 0.116. The third-order valence-corrected chi connectivity index (χ3v) is 3.74. The average molecular weight is 235 g/mol. The Morgan fingerprint density at radius 3 is 2.94 bits per heavy atom. The molecule has 3 rings (SSSR count). The monoisotopic (exact) mass is 235 g/mol. The number of H-pyrrole nitrogens is 1. The Labute approximate surface area is 97.3 Å². The van der Waals surface area contributed by atoms with Crippen molar-refractivity contribution in [3.05, 3.63) is 23.2 Å². The highest BCUT2D eigenvalue weighted by molar-refractivity contribution is 7.17. The van der Waals surface area contributed by atoms with Crippen molar-refractivity contribution in [1.29, 1.82) is 0 Å². The van der Waals surface area contributed by atoms with Gasteiger partial charge in [-0.05, 0) is 17.5 Å². The third-order valence-electron chi connectivity index (χ3n) is 2.87. The molecule has 1 aliphatic heterocycles. The molecule has 5 heteroatoms. The highest BCUT2D eigenvalue weighted by Crippen LogP contribution is 2.22. The van der Waals surface area contributed by atoms with Crippen LogP contribution >= 0.6 is 11.3 Å². The molecule has 0 saturated carbocycles. The minimum Gasteiger partial charge on any atom is -0.350 e. The van der Waals surface area contributed by atoms with E-state index in [9.17, 15) is 4.79 Å². The molecule has 0 spiro atoms. The SMILES string of the molecule is O=C(c1cc2sccc2[nH]1)N1CCNCC1. The number of piperazine rings is 1. The van der Waals surface area contributed by atoms with Gasteiger partial charge in [0.2, 0.25) is 0 Å². The van der Waals surface area contributed by atoms with Crippen molar-refractivity contribution < 1.29 is 4.79 Å². The Kier molecular flexibility index (Phi) is 2.41. The normalized spacial score (nSPS) is 16.9. The predicted molar refractivity (Wildman–Crippen MR) is 64.9 cm³/mol. The number of aromatic amines is 1. The molecular weight excluding hydrogens is 222 g/mol. The lowest BCUT2D eigenvalue weighted by atomic mass is 10.3. The summed E-state index contributed by atoms with van der Waals surface area (Å²) in [6, 6.07) is 3.96. The largest absolute Gasteiger partial charge is 0.350 e. The summed E-state index contributed by atoms with van der Waals surface area (Å²) in [6.45, 7) is 3.37. The number of carbonyl (C=O) groups is 1. The fraction of sp³-hybridized carbons (Fsp3) is 0.364. The third kappa shape index (κ3) is 1.62. The van der Waals surface area contributed by atoms with Crippen molar-refractivity contribution in [2.75, 3.05) is 26.2 Å². The quantitative estimate of drug-likeness (QED) is 0.782. The molecule has 16 heavy (non-hydrogen) atoms. The van der Waals surface area contributed by atoms with E-state index in [4.69, 9.17) is 0 Å². The Morgan fingerprint density at radius 2 is 2.19 bits per heavy atom. The molecule has 0 atom stereocenters. The number of thiophene rings is 1. The maximum Gasteiger partial charge on any atom is 0.270 e. The molecular formula is C11H13N3OS. The van der Waals surface area contributed by atoms with Crippen LogP contribution in [0.15, 0.2) is 17.5 Å². The van der Waals surface area contributed by atoms with E-state index < -0.39 is 0 Å². The van der Waals surface area contributed by atoms with Crippen molar-refractivity contribution in [1.82, 2.24) is 15.2 Å². The molecule has 2 N–H and O–H groups in total. The molecule has 2 aromatic rings. The number of hydrogen-bond acceptors (Lipinski definition) is 3. The zero-order valence-electron chi connectivity index (χ0n) is 8.82. The fourth-order valence-corrected chi connectivity index (χ4v) is 2.78. The second kappa shape index (κ2) is 3.92. The zero-order chi connectivity index (χ0) is 11.0. The van der Waals surface area contributed by atoms with E-state index in [2.05, 4.69) is 10.3 Å². The van der Waals surface area contributed by atoms with Gasteiger partial charge in [0.15, 0.2) is 0 Å². The van der Waals surface area contributed by atoms with Crippen molar-refractivity contribution in [2.24, 2.45) is 0 Å². The number of rotatable bonds is 1. The van der Waals surface area contributed by atoms with Crippen molar-refractivity contribution in [2.45, 2.75) is 0 Å². The van der Waals surface area contributed by atoms with Crippen molar-refractivity contribution in [3.8, 4) is 0 Å². The predicted octanol–water partition coefficient (Wildman–Crippen LogP) is 1.27. The van der Waals surface area contributed by atoms with Gasteiger partial charge in [0.05, 0.1) is 10.2 Å². The van der Waals surface area contributed by atoms with Gasteiger partial charge < -0.3 is 15.2 Å². The van der Waals surface area contributed by atoms with Crippen LogP contribution in [0.4, 0.5) is 0 Å². The lowest BCUT2D eigenvalue weighted by Crippen LogP contribution is -2.46. The van der Waals surface area contributed by atoms with E-state index in [1.807, 2.05) is 22.4 Å². The Hall–Kier alpha value is -1.33. The van der Waals surface area contributed by atoms with Gasteiger partial charge in [0, 0.05) is 26.2 Å². The number of aromatic nitrogens is 1. The number of nitrogens with one attached hydrogen (secondary N) is 2. The van der Waals surface area contributed by atoms with Gasteiger partial charge in [-0.3, -0.25) is 4.79 Å². The number of amides is 1. The van der Waals surface area contributed by atoms with Gasteiger partial charge in [-0.1, -0.05) is 0 Å². The lowest BCUT2D eigenvalue weighted by Gasteiger charge is -2.26. The number of nitrogens with zero attached hydrogens (tertiary/aromatic N) is 1. The van der Waals surface area contributed by atoms with Crippen LogP contribution in [0.5, 0.6) is 0 Å². The van der Waals surface area contributed by atoms with Crippen LogP contribution in [0.25, 0.3) is 10.2 Å². The van der Waals surface area contributed by atoms with Gasteiger partial charge in [-0.15, -0.1) is 11.3 Å². The number of fused-ring (bicyclic) bond motifs is 1. The topological polar surface area (TPSA) is 48.1 Å². The van der Waals surface area contributed by atoms with Crippen LogP contribution < -0.4 is 5.32 Å². The van der Waals surface area contributed by atoms with E-state index >= 15 is 0 Å². The lowest BCUT2D eigenvalue weighted by molar-refractivity contribution is 0.0731. The van der Waals surface area contributed by atoms with Gasteiger partial charge in [-0.2, -0.15) is 0 Å². The van der Waals surface area contributed by atoms with Crippen LogP contribution in [0, 0.1) is 0 Å². The molecule has 1 amide bonds. The summed E-state index contributed by atoms with van der Waals surface area (Å²) in [5, 5.41) is 5.27. The van der Waals surface area contributed by atoms with Crippen molar-refractivity contribution >= 4 is 27.5 Å². The molecule has 84 valence electrons. The van der Waals surface area contributed by atoms with Gasteiger partial charge >= 0.3 is 0 Å². The van der Waals surface area contributed by atoms with Gasteiger partial charge in [-0.25, -0.2) is 0 Å². The summed E-state index contributed by atoms with van der Waals surface area (Å²) in [6.07, 6.45) is 0. The van der Waals surface area contributed by atoms with Crippen LogP contribution in [-0.2, 0) is 0 Å². The molecule has 1 saturated heterocycles. The summed E-state index contributed by atoms with van der Waals surface area (Å²) in [5.41, 5.74) is 1.77. The molecule has 2 aromatic heterocycles. The first kappa shape index (κ1) is 9.86. The van der Waals surface area contributed by atoms with Crippen LogP contribution in [-0.4, -0.2) is 42.0 Å². The fourth-order valence-electron chi connectivity index (χ4n) is 2.00. The molecule has 0 bridgehead atoms. The van der Waals surface area contributed by atoms with Crippen LogP contribution in [0.2, 0.25) is 0 Å². The second-order valence-electron chi connectivity index (χ2n) is 3.92. The zero-order valence-corrected chi connectivity index (χ0v) is 9.64. The van der Waals surface area contributed by atoms with Gasteiger partial charge in [0.1, 0.15) is 5.69 Å². The molecule has 1 fully saturated rings. The van der Waals surface area contributed by atoms with E-state index in [1.54, 1.807) is 11.3 Å². The Balaban J connectivity index is 1.86. The smallest absolute Gasteiger partial charge is 0.270 e. The highest BCUT2D eigenvalue weighted by atomic mass is 32.1. The highest BCUT2D eigenvalue weighted by Gasteiger charge is 2.19. The molecule has 3 heterocycles. The molecule has 0 unspecified atom stereocenters. The summed E-state index contributed by atoms with van der Waals surface area (Å²) in [7, 11) is 0. The van der Waals surface area contributed by atoms with E-state index in [0.717, 1.165) is 36.4 Å². The Morgan fingerprint density at radius 1 is 1.38 bits per heavy atom. The molecule has 4 nitrogen and oxygen atoms in total. The molecule has 0 aliphatic carbocycles.